The van der Waals surface area contributed by atoms with Crippen LogP contribution in [0.15, 0.2) is 24.3 Å². The molecule has 0 bridgehead atoms. The maximum atomic E-state index is 11.3. The number of carboxylic acids is 1. The highest BCUT2D eigenvalue weighted by atomic mass is 35.5. The highest BCUT2D eigenvalue weighted by Crippen LogP contribution is 2.09. The van der Waals surface area contributed by atoms with Crippen LogP contribution >= 0.6 is 11.6 Å². The van der Waals surface area contributed by atoms with Crippen LogP contribution < -0.4 is 10.6 Å². The Morgan fingerprint density at radius 2 is 2.06 bits per heavy atom. The number of benzene rings is 1. The van der Waals surface area contributed by atoms with Crippen molar-refractivity contribution in [3.63, 3.8) is 0 Å². The van der Waals surface area contributed by atoms with Crippen LogP contribution in [-0.2, 0) is 11.3 Å². The van der Waals surface area contributed by atoms with E-state index in [1.165, 1.54) is 0 Å². The standard InChI is InChI=1S/C12H15ClN2O3/c13-10-4-1-3-9(7-10)8-15-12(18)14-6-2-5-11(16)17/h1,3-4,7H,2,5-6,8H2,(H,16,17)(H2,14,15,18). The molecule has 3 N–H and O–H groups in total. The number of nitrogens with one attached hydrogen (secondary N) is 2. The smallest absolute Gasteiger partial charge is 0.315 e. The van der Waals surface area contributed by atoms with E-state index in [9.17, 15) is 9.59 Å². The van der Waals surface area contributed by atoms with Crippen molar-refractivity contribution in [2.24, 2.45) is 0 Å². The Bertz CT molecular complexity index is 424. The molecule has 2 amide bonds. The van der Waals surface area contributed by atoms with Crippen molar-refractivity contribution < 1.29 is 14.7 Å². The Hall–Kier alpha value is -1.75. The van der Waals surface area contributed by atoms with E-state index in [4.69, 9.17) is 16.7 Å². The molecule has 0 spiro atoms. The average molecular weight is 271 g/mol. The Balaban J connectivity index is 2.19. The molecule has 18 heavy (non-hydrogen) atoms. The molecular weight excluding hydrogens is 256 g/mol. The lowest BCUT2D eigenvalue weighted by molar-refractivity contribution is -0.137. The molecule has 5 nitrogen and oxygen atoms in total. The van der Waals surface area contributed by atoms with E-state index < -0.39 is 5.97 Å². The minimum Gasteiger partial charge on any atom is -0.481 e. The predicted octanol–water partition coefficient (Wildman–Crippen LogP) is 2.00. The first-order valence-corrected chi connectivity index (χ1v) is 5.93. The van der Waals surface area contributed by atoms with Gasteiger partial charge in [0, 0.05) is 24.5 Å². The fourth-order valence-electron chi connectivity index (χ4n) is 1.33. The van der Waals surface area contributed by atoms with Crippen molar-refractivity contribution in [3.05, 3.63) is 34.9 Å². The molecule has 0 saturated carbocycles. The van der Waals surface area contributed by atoms with Crippen LogP contribution in [0.25, 0.3) is 0 Å². The minimum atomic E-state index is -0.865. The second-order valence-electron chi connectivity index (χ2n) is 3.74. The molecule has 0 aliphatic carbocycles. The van der Waals surface area contributed by atoms with Gasteiger partial charge in [-0.15, -0.1) is 0 Å². The fraction of sp³-hybridized carbons (Fsp3) is 0.333. The number of hydrogen-bond donors (Lipinski definition) is 3. The topological polar surface area (TPSA) is 78.4 Å². The van der Waals surface area contributed by atoms with Crippen LogP contribution in [0.2, 0.25) is 5.02 Å². The number of amides is 2. The van der Waals surface area contributed by atoms with Gasteiger partial charge in [0.05, 0.1) is 0 Å². The number of halogens is 1. The summed E-state index contributed by atoms with van der Waals surface area (Å²) in [4.78, 5) is 21.6. The molecule has 0 aliphatic heterocycles. The Morgan fingerprint density at radius 1 is 1.28 bits per heavy atom. The summed E-state index contributed by atoms with van der Waals surface area (Å²) in [5.74, 6) is -0.865. The van der Waals surface area contributed by atoms with Crippen LogP contribution in [0.4, 0.5) is 4.79 Å². The van der Waals surface area contributed by atoms with Gasteiger partial charge in [-0.2, -0.15) is 0 Å². The van der Waals surface area contributed by atoms with E-state index in [0.717, 1.165) is 5.56 Å². The molecule has 0 fully saturated rings. The van der Waals surface area contributed by atoms with Crippen molar-refractivity contribution in [1.29, 1.82) is 0 Å². The first-order chi connectivity index (χ1) is 8.58. The van der Waals surface area contributed by atoms with Gasteiger partial charge in [-0.25, -0.2) is 4.79 Å². The quantitative estimate of drug-likeness (QED) is 0.692. The van der Waals surface area contributed by atoms with E-state index >= 15 is 0 Å². The highest BCUT2D eigenvalue weighted by Gasteiger charge is 2.01. The molecule has 1 aromatic rings. The summed E-state index contributed by atoms with van der Waals surface area (Å²) < 4.78 is 0. The third kappa shape index (κ3) is 6.10. The Morgan fingerprint density at radius 3 is 2.72 bits per heavy atom. The summed E-state index contributed by atoms with van der Waals surface area (Å²) in [5, 5.41) is 14.3. The van der Waals surface area contributed by atoms with Crippen molar-refractivity contribution in [2.75, 3.05) is 6.54 Å². The first kappa shape index (κ1) is 14.3. The summed E-state index contributed by atoms with van der Waals surface area (Å²) in [6.07, 6.45) is 0.467. The van der Waals surface area contributed by atoms with Gasteiger partial charge in [0.25, 0.3) is 0 Å². The molecule has 1 rings (SSSR count). The maximum absolute atomic E-state index is 11.3. The largest absolute Gasteiger partial charge is 0.481 e. The Kier molecular flexibility index (Phi) is 6.00. The first-order valence-electron chi connectivity index (χ1n) is 5.56. The molecule has 1 aromatic carbocycles. The lowest BCUT2D eigenvalue weighted by Crippen LogP contribution is -2.35. The number of urea groups is 1. The predicted molar refractivity (Wildman–Crippen MR) is 68.6 cm³/mol. The third-order valence-electron chi connectivity index (χ3n) is 2.20. The summed E-state index contributed by atoms with van der Waals surface area (Å²) in [7, 11) is 0. The van der Waals surface area contributed by atoms with Crippen molar-refractivity contribution >= 4 is 23.6 Å². The van der Waals surface area contributed by atoms with Gasteiger partial charge in [-0.05, 0) is 24.1 Å². The lowest BCUT2D eigenvalue weighted by Gasteiger charge is -2.07. The zero-order valence-electron chi connectivity index (χ0n) is 9.78. The summed E-state index contributed by atoms with van der Waals surface area (Å²) in [5.41, 5.74) is 0.906. The number of aliphatic carboxylic acids is 1. The molecule has 0 aromatic heterocycles. The van der Waals surface area contributed by atoms with E-state index in [1.54, 1.807) is 12.1 Å². The molecule has 0 radical (unpaired) electrons. The summed E-state index contributed by atoms with van der Waals surface area (Å²) in [6, 6.07) is 6.88. The van der Waals surface area contributed by atoms with Gasteiger partial charge in [0.1, 0.15) is 0 Å². The van der Waals surface area contributed by atoms with Gasteiger partial charge in [0.15, 0.2) is 0 Å². The number of carbonyl (C=O) groups excluding carboxylic acids is 1. The molecule has 0 aliphatic rings. The molecular formula is C12H15ClN2O3. The molecule has 0 heterocycles. The summed E-state index contributed by atoms with van der Waals surface area (Å²) in [6.45, 7) is 0.721. The van der Waals surface area contributed by atoms with E-state index in [-0.39, 0.29) is 12.5 Å². The number of hydrogen-bond acceptors (Lipinski definition) is 2. The SMILES string of the molecule is O=C(O)CCCNC(=O)NCc1cccc(Cl)c1. The molecule has 0 unspecified atom stereocenters. The second kappa shape index (κ2) is 7.55. The van der Waals surface area contributed by atoms with Crippen molar-refractivity contribution in [1.82, 2.24) is 10.6 Å². The van der Waals surface area contributed by atoms with E-state index in [0.29, 0.717) is 24.5 Å². The van der Waals surface area contributed by atoms with Crippen LogP contribution in [0, 0.1) is 0 Å². The van der Waals surface area contributed by atoms with E-state index in [1.807, 2.05) is 12.1 Å². The average Bonchev–Trinajstić information content (AvgIpc) is 2.32. The zero-order valence-corrected chi connectivity index (χ0v) is 10.5. The Labute approximate surface area is 110 Å². The third-order valence-corrected chi connectivity index (χ3v) is 2.43. The fourth-order valence-corrected chi connectivity index (χ4v) is 1.55. The van der Waals surface area contributed by atoms with Gasteiger partial charge in [-0.3, -0.25) is 4.79 Å². The van der Waals surface area contributed by atoms with Gasteiger partial charge in [0.2, 0.25) is 0 Å². The van der Waals surface area contributed by atoms with Crippen LogP contribution in [0.1, 0.15) is 18.4 Å². The molecule has 0 atom stereocenters. The number of carbonyl (C=O) groups is 2. The molecule has 0 saturated heterocycles. The molecule has 6 heteroatoms. The van der Waals surface area contributed by atoms with Gasteiger partial charge < -0.3 is 15.7 Å². The molecule has 98 valence electrons. The normalized spacial score (nSPS) is 9.83. The number of rotatable bonds is 6. The second-order valence-corrected chi connectivity index (χ2v) is 4.17. The van der Waals surface area contributed by atoms with Crippen LogP contribution in [0.5, 0.6) is 0 Å². The van der Waals surface area contributed by atoms with Gasteiger partial charge >= 0.3 is 12.0 Å². The lowest BCUT2D eigenvalue weighted by atomic mass is 10.2. The van der Waals surface area contributed by atoms with Crippen molar-refractivity contribution in [2.45, 2.75) is 19.4 Å². The monoisotopic (exact) mass is 270 g/mol. The zero-order chi connectivity index (χ0) is 13.4. The van der Waals surface area contributed by atoms with Gasteiger partial charge in [-0.1, -0.05) is 23.7 Å². The number of carboxylic acid groups (broad SMARTS) is 1. The maximum Gasteiger partial charge on any atom is 0.315 e. The van der Waals surface area contributed by atoms with Crippen LogP contribution in [-0.4, -0.2) is 23.7 Å². The minimum absolute atomic E-state index is 0.0502. The van der Waals surface area contributed by atoms with E-state index in [2.05, 4.69) is 10.6 Å². The highest BCUT2D eigenvalue weighted by molar-refractivity contribution is 6.30. The summed E-state index contributed by atoms with van der Waals surface area (Å²) >= 11 is 5.81. The van der Waals surface area contributed by atoms with Crippen molar-refractivity contribution in [3.8, 4) is 0 Å². The van der Waals surface area contributed by atoms with Crippen LogP contribution in [0.3, 0.4) is 0 Å².